The molecule has 3 amide bonds. The Labute approximate surface area is 174 Å². The van der Waals surface area contributed by atoms with Crippen molar-refractivity contribution in [3.63, 3.8) is 0 Å². The Balaban J connectivity index is 1.73. The number of nitrogens with zero attached hydrogens (tertiary/aromatic N) is 3. The van der Waals surface area contributed by atoms with Gasteiger partial charge in [-0.2, -0.15) is 0 Å². The highest BCUT2D eigenvalue weighted by Gasteiger charge is 2.34. The average Bonchev–Trinajstić information content (AvgIpc) is 3.42. The predicted molar refractivity (Wildman–Crippen MR) is 111 cm³/mol. The van der Waals surface area contributed by atoms with Crippen molar-refractivity contribution in [3.8, 4) is 0 Å². The number of aromatic amines is 1. The molecular weight excluding hydrogens is 389 g/mol. The van der Waals surface area contributed by atoms with E-state index < -0.39 is 17.7 Å². The van der Waals surface area contributed by atoms with Crippen LogP contribution in [0.3, 0.4) is 0 Å². The topological polar surface area (TPSA) is 97.9 Å². The van der Waals surface area contributed by atoms with Gasteiger partial charge in [-0.25, -0.2) is 4.39 Å². The quantitative estimate of drug-likeness (QED) is 0.560. The maximum absolute atomic E-state index is 15.0. The summed E-state index contributed by atoms with van der Waals surface area (Å²) < 4.78 is 15.0. The minimum atomic E-state index is -0.551. The lowest BCUT2D eigenvalue weighted by Crippen LogP contribution is -2.46. The number of aliphatic imine (C=N–C) groups is 1. The van der Waals surface area contributed by atoms with Gasteiger partial charge in [0.25, 0.3) is 11.8 Å². The molecule has 0 spiro atoms. The smallest absolute Gasteiger partial charge is 0.270 e. The van der Waals surface area contributed by atoms with E-state index in [0.29, 0.717) is 25.2 Å². The summed E-state index contributed by atoms with van der Waals surface area (Å²) in [5, 5.41) is 2.83. The molecule has 0 aromatic carbocycles. The molecule has 8 nitrogen and oxygen atoms in total. The highest BCUT2D eigenvalue weighted by Crippen LogP contribution is 2.27. The first-order valence-corrected chi connectivity index (χ1v) is 9.86. The maximum atomic E-state index is 15.0. The SMILES string of the molecule is C=CC(=O)N1CCC(NC(=O)/C(=N/C)C2=C(F)C(C)CN(C(=O)c3ccc[nH]3)C2)C1. The lowest BCUT2D eigenvalue weighted by atomic mass is 9.95. The molecule has 2 N–H and O–H groups in total. The third-order valence-corrected chi connectivity index (χ3v) is 5.41. The minimum Gasteiger partial charge on any atom is -0.357 e. The Morgan fingerprint density at radius 2 is 2.10 bits per heavy atom. The van der Waals surface area contributed by atoms with Crippen molar-refractivity contribution in [2.24, 2.45) is 10.9 Å². The molecule has 9 heteroatoms. The number of carbonyl (C=O) groups excluding carboxylic acids is 3. The summed E-state index contributed by atoms with van der Waals surface area (Å²) >= 11 is 0. The highest BCUT2D eigenvalue weighted by molar-refractivity contribution is 6.45. The Morgan fingerprint density at radius 1 is 1.33 bits per heavy atom. The van der Waals surface area contributed by atoms with Gasteiger partial charge in [0.05, 0.1) is 6.54 Å². The zero-order chi connectivity index (χ0) is 21.8. The van der Waals surface area contributed by atoms with E-state index in [1.807, 2.05) is 0 Å². The average molecular weight is 415 g/mol. The molecule has 2 unspecified atom stereocenters. The van der Waals surface area contributed by atoms with E-state index in [-0.39, 0.29) is 42.2 Å². The van der Waals surface area contributed by atoms with Gasteiger partial charge in [0.15, 0.2) is 0 Å². The molecule has 2 atom stereocenters. The van der Waals surface area contributed by atoms with E-state index in [4.69, 9.17) is 0 Å². The number of halogens is 1. The fraction of sp³-hybridized carbons (Fsp3) is 0.429. The van der Waals surface area contributed by atoms with Crippen LogP contribution in [-0.2, 0) is 9.59 Å². The van der Waals surface area contributed by atoms with Crippen LogP contribution in [0.25, 0.3) is 0 Å². The normalized spacial score (nSPS) is 22.3. The van der Waals surface area contributed by atoms with E-state index in [2.05, 4.69) is 21.9 Å². The molecule has 1 aromatic heterocycles. The second-order valence-electron chi connectivity index (χ2n) is 7.52. The Hall–Kier alpha value is -3.23. The molecule has 2 aliphatic heterocycles. The standard InChI is InChI=1S/C21H26FN5O3/c1-4-17(28)26-9-7-14(11-26)25-20(29)19(23-3)15-12-27(10-13(2)18(15)22)21(30)16-6-5-8-24-16/h4-6,8,13-14,24H,1,7,9-12H2,2-3H3,(H,25,29)/b23-19+. The van der Waals surface area contributed by atoms with E-state index in [1.165, 1.54) is 18.0 Å². The fourth-order valence-corrected chi connectivity index (χ4v) is 3.85. The van der Waals surface area contributed by atoms with Gasteiger partial charge in [-0.1, -0.05) is 13.5 Å². The lowest BCUT2D eigenvalue weighted by Gasteiger charge is -2.32. The lowest BCUT2D eigenvalue weighted by molar-refractivity contribution is -0.125. The Bertz CT molecular complexity index is 906. The number of hydrogen-bond donors (Lipinski definition) is 2. The van der Waals surface area contributed by atoms with Gasteiger partial charge in [0.1, 0.15) is 17.2 Å². The second kappa shape index (κ2) is 9.06. The van der Waals surface area contributed by atoms with Crippen molar-refractivity contribution in [1.29, 1.82) is 0 Å². The zero-order valence-electron chi connectivity index (χ0n) is 17.2. The number of nitrogens with one attached hydrogen (secondary N) is 2. The van der Waals surface area contributed by atoms with Gasteiger partial charge in [0, 0.05) is 50.4 Å². The summed E-state index contributed by atoms with van der Waals surface area (Å²) in [6.07, 6.45) is 3.48. The molecule has 3 heterocycles. The number of aromatic nitrogens is 1. The van der Waals surface area contributed by atoms with Crippen LogP contribution in [0.2, 0.25) is 0 Å². The van der Waals surface area contributed by atoms with Crippen LogP contribution in [0.1, 0.15) is 23.8 Å². The van der Waals surface area contributed by atoms with Crippen LogP contribution < -0.4 is 5.32 Å². The third-order valence-electron chi connectivity index (χ3n) is 5.41. The zero-order valence-corrected chi connectivity index (χ0v) is 17.2. The Morgan fingerprint density at radius 3 is 2.73 bits per heavy atom. The van der Waals surface area contributed by atoms with Crippen LogP contribution in [-0.4, -0.2) is 77.5 Å². The molecule has 1 aromatic rings. The number of hydrogen-bond acceptors (Lipinski definition) is 4. The van der Waals surface area contributed by atoms with Crippen LogP contribution in [0.5, 0.6) is 0 Å². The third kappa shape index (κ3) is 4.34. The first-order chi connectivity index (χ1) is 14.3. The first kappa shape index (κ1) is 21.5. The van der Waals surface area contributed by atoms with Crippen LogP contribution in [0, 0.1) is 5.92 Å². The van der Waals surface area contributed by atoms with Crippen molar-refractivity contribution in [2.75, 3.05) is 33.2 Å². The largest absolute Gasteiger partial charge is 0.357 e. The summed E-state index contributed by atoms with van der Waals surface area (Å²) in [5.74, 6) is -1.95. The van der Waals surface area contributed by atoms with Crippen molar-refractivity contribution >= 4 is 23.4 Å². The summed E-state index contributed by atoms with van der Waals surface area (Å²) in [7, 11) is 1.42. The molecule has 2 aliphatic rings. The molecule has 160 valence electrons. The van der Waals surface area contributed by atoms with Crippen molar-refractivity contribution in [2.45, 2.75) is 19.4 Å². The number of amides is 3. The maximum Gasteiger partial charge on any atom is 0.270 e. The molecule has 3 rings (SSSR count). The fourth-order valence-electron chi connectivity index (χ4n) is 3.85. The second-order valence-corrected chi connectivity index (χ2v) is 7.52. The molecule has 0 saturated carbocycles. The van der Waals surface area contributed by atoms with E-state index in [1.54, 1.807) is 30.2 Å². The van der Waals surface area contributed by atoms with Crippen LogP contribution >= 0.6 is 0 Å². The van der Waals surface area contributed by atoms with Gasteiger partial charge < -0.3 is 20.1 Å². The van der Waals surface area contributed by atoms with Crippen molar-refractivity contribution in [3.05, 3.63) is 48.1 Å². The summed E-state index contributed by atoms with van der Waals surface area (Å²) in [5.41, 5.74) is 0.490. The number of H-pyrrole nitrogens is 1. The molecule has 0 aliphatic carbocycles. The van der Waals surface area contributed by atoms with Gasteiger partial charge >= 0.3 is 0 Å². The summed E-state index contributed by atoms with van der Waals surface area (Å²) in [6.45, 7) is 6.19. The highest BCUT2D eigenvalue weighted by atomic mass is 19.1. The van der Waals surface area contributed by atoms with Gasteiger partial charge in [-0.3, -0.25) is 19.4 Å². The van der Waals surface area contributed by atoms with Gasteiger partial charge in [0.2, 0.25) is 5.91 Å². The van der Waals surface area contributed by atoms with E-state index >= 15 is 0 Å². The molecule has 1 saturated heterocycles. The Kier molecular flexibility index (Phi) is 6.49. The predicted octanol–water partition coefficient (Wildman–Crippen LogP) is 1.30. The summed E-state index contributed by atoms with van der Waals surface area (Å²) in [4.78, 5) is 47.3. The first-order valence-electron chi connectivity index (χ1n) is 9.86. The van der Waals surface area contributed by atoms with Gasteiger partial charge in [-0.15, -0.1) is 0 Å². The number of carbonyl (C=O) groups is 3. The number of likely N-dealkylation sites (tertiary alicyclic amines) is 1. The summed E-state index contributed by atoms with van der Waals surface area (Å²) in [6, 6.07) is 3.12. The van der Waals surface area contributed by atoms with E-state index in [0.717, 1.165) is 0 Å². The molecule has 0 bridgehead atoms. The van der Waals surface area contributed by atoms with Crippen LogP contribution in [0.15, 0.2) is 47.4 Å². The van der Waals surface area contributed by atoms with Gasteiger partial charge in [-0.05, 0) is 24.6 Å². The minimum absolute atomic E-state index is 0.0307. The molecule has 30 heavy (non-hydrogen) atoms. The number of rotatable bonds is 5. The van der Waals surface area contributed by atoms with E-state index in [9.17, 15) is 18.8 Å². The molecule has 1 fully saturated rings. The van der Waals surface area contributed by atoms with Crippen molar-refractivity contribution in [1.82, 2.24) is 20.1 Å². The monoisotopic (exact) mass is 415 g/mol. The molecular formula is C21H26FN5O3. The molecule has 0 radical (unpaired) electrons. The van der Waals surface area contributed by atoms with Crippen LogP contribution in [0.4, 0.5) is 4.39 Å². The van der Waals surface area contributed by atoms with Crippen molar-refractivity contribution < 1.29 is 18.8 Å².